The smallest absolute Gasteiger partial charge is 0.175 e. The van der Waals surface area contributed by atoms with Crippen molar-refractivity contribution in [3.05, 3.63) is 33.7 Å². The number of aryl methyl sites for hydroxylation is 1. The minimum absolute atomic E-state index is 0.382. The second-order valence-electron chi connectivity index (χ2n) is 5.12. The van der Waals surface area contributed by atoms with E-state index in [0.29, 0.717) is 17.2 Å². The lowest BCUT2D eigenvalue weighted by atomic mass is 9.94. The fourth-order valence-corrected chi connectivity index (χ4v) is 2.75. The van der Waals surface area contributed by atoms with Crippen LogP contribution in [0.3, 0.4) is 0 Å². The predicted molar refractivity (Wildman–Crippen MR) is 85.0 cm³/mol. The van der Waals surface area contributed by atoms with Crippen molar-refractivity contribution in [2.24, 2.45) is 5.73 Å². The third kappa shape index (κ3) is 2.74. The highest BCUT2D eigenvalue weighted by Crippen LogP contribution is 2.35. The van der Waals surface area contributed by atoms with Crippen LogP contribution in [0.25, 0.3) is 11.3 Å². The van der Waals surface area contributed by atoms with Gasteiger partial charge >= 0.3 is 0 Å². The van der Waals surface area contributed by atoms with Gasteiger partial charge in [-0.3, -0.25) is 0 Å². The Morgan fingerprint density at radius 1 is 1.40 bits per heavy atom. The Morgan fingerprint density at radius 3 is 2.65 bits per heavy atom. The number of hydrogen-bond acceptors (Lipinski definition) is 3. The molecular formula is C15H20BrN3O. The molecule has 1 aromatic heterocycles. The molecular weight excluding hydrogens is 318 g/mol. The average molecular weight is 338 g/mol. The number of ether oxygens (including phenoxy) is 1. The summed E-state index contributed by atoms with van der Waals surface area (Å²) in [4.78, 5) is 7.66. The molecule has 2 aromatic rings. The fraction of sp³-hybridized carbons (Fsp3) is 0.400. The van der Waals surface area contributed by atoms with Crippen LogP contribution in [0.5, 0.6) is 5.75 Å². The SMILES string of the molecule is COc1cc(C)c(-c2nc(Br)[nH]c2CN)cc1C(C)C. The van der Waals surface area contributed by atoms with Gasteiger partial charge in [-0.25, -0.2) is 4.98 Å². The molecule has 2 rings (SSSR count). The number of hydrogen-bond donors (Lipinski definition) is 2. The molecule has 108 valence electrons. The number of imidazole rings is 1. The van der Waals surface area contributed by atoms with Gasteiger partial charge in [0.2, 0.25) is 0 Å². The Morgan fingerprint density at radius 2 is 2.10 bits per heavy atom. The van der Waals surface area contributed by atoms with Gasteiger partial charge in [0, 0.05) is 12.1 Å². The third-order valence-corrected chi connectivity index (χ3v) is 3.78. The molecule has 0 saturated heterocycles. The molecule has 0 unspecified atom stereocenters. The van der Waals surface area contributed by atoms with Gasteiger partial charge in [-0.1, -0.05) is 13.8 Å². The Hall–Kier alpha value is -1.33. The minimum atomic E-state index is 0.382. The van der Waals surface area contributed by atoms with Crippen LogP contribution in [-0.4, -0.2) is 17.1 Å². The second kappa shape index (κ2) is 5.97. The lowest BCUT2D eigenvalue weighted by Gasteiger charge is -2.15. The van der Waals surface area contributed by atoms with Crippen molar-refractivity contribution in [1.82, 2.24) is 9.97 Å². The fourth-order valence-electron chi connectivity index (χ4n) is 2.33. The average Bonchev–Trinajstić information content (AvgIpc) is 2.78. The van der Waals surface area contributed by atoms with Crippen molar-refractivity contribution in [2.75, 3.05) is 7.11 Å². The van der Waals surface area contributed by atoms with Crippen molar-refractivity contribution >= 4 is 15.9 Å². The minimum Gasteiger partial charge on any atom is -0.496 e. The summed E-state index contributed by atoms with van der Waals surface area (Å²) in [6.07, 6.45) is 0. The number of benzene rings is 1. The lowest BCUT2D eigenvalue weighted by Crippen LogP contribution is -2.01. The van der Waals surface area contributed by atoms with Crippen molar-refractivity contribution in [3.8, 4) is 17.0 Å². The van der Waals surface area contributed by atoms with E-state index in [4.69, 9.17) is 10.5 Å². The van der Waals surface area contributed by atoms with Crippen molar-refractivity contribution in [3.63, 3.8) is 0 Å². The number of halogens is 1. The molecule has 0 atom stereocenters. The molecule has 5 heteroatoms. The van der Waals surface area contributed by atoms with E-state index in [-0.39, 0.29) is 0 Å². The van der Waals surface area contributed by atoms with E-state index >= 15 is 0 Å². The summed E-state index contributed by atoms with van der Waals surface area (Å²) >= 11 is 3.37. The van der Waals surface area contributed by atoms with Crippen LogP contribution in [0.15, 0.2) is 16.9 Å². The highest BCUT2D eigenvalue weighted by atomic mass is 79.9. The first-order valence-corrected chi connectivity index (χ1v) is 7.40. The van der Waals surface area contributed by atoms with Crippen molar-refractivity contribution < 1.29 is 4.74 Å². The second-order valence-corrected chi connectivity index (χ2v) is 5.87. The van der Waals surface area contributed by atoms with Crippen LogP contribution in [0.1, 0.15) is 36.6 Å². The molecule has 0 aliphatic rings. The number of nitrogens with one attached hydrogen (secondary N) is 1. The maximum Gasteiger partial charge on any atom is 0.175 e. The first-order chi connectivity index (χ1) is 9.47. The third-order valence-electron chi connectivity index (χ3n) is 3.41. The van der Waals surface area contributed by atoms with E-state index in [9.17, 15) is 0 Å². The number of methoxy groups -OCH3 is 1. The van der Waals surface area contributed by atoms with Crippen molar-refractivity contribution in [2.45, 2.75) is 33.2 Å². The zero-order valence-electron chi connectivity index (χ0n) is 12.2. The first kappa shape index (κ1) is 15.1. The summed E-state index contributed by atoms with van der Waals surface area (Å²) in [5.74, 6) is 1.30. The number of nitrogens with two attached hydrogens (primary N) is 1. The van der Waals surface area contributed by atoms with Gasteiger partial charge in [0.25, 0.3) is 0 Å². The standard InChI is InChI=1S/C15H20BrN3O/c1-8(2)10-6-11(9(3)5-13(10)20-4)14-12(7-17)18-15(16)19-14/h5-6,8H,7,17H2,1-4H3,(H,18,19). The molecule has 0 radical (unpaired) electrons. The molecule has 0 aliphatic heterocycles. The molecule has 0 fully saturated rings. The van der Waals surface area contributed by atoms with Gasteiger partial charge in [0.1, 0.15) is 5.75 Å². The van der Waals surface area contributed by atoms with Crippen LogP contribution in [0, 0.1) is 6.92 Å². The summed E-state index contributed by atoms with van der Waals surface area (Å²) in [6.45, 7) is 6.80. The van der Waals surface area contributed by atoms with Crippen LogP contribution >= 0.6 is 15.9 Å². The Kier molecular flexibility index (Phi) is 4.50. The highest BCUT2D eigenvalue weighted by molar-refractivity contribution is 9.10. The van der Waals surface area contributed by atoms with Crippen LogP contribution in [0.4, 0.5) is 0 Å². The maximum absolute atomic E-state index is 5.79. The largest absolute Gasteiger partial charge is 0.496 e. The van der Waals surface area contributed by atoms with Gasteiger partial charge in [-0.2, -0.15) is 0 Å². The number of nitrogens with zero attached hydrogens (tertiary/aromatic N) is 1. The van der Waals surface area contributed by atoms with E-state index in [1.807, 2.05) is 0 Å². The summed E-state index contributed by atoms with van der Waals surface area (Å²) < 4.78 is 6.18. The molecule has 0 amide bonds. The Labute approximate surface area is 127 Å². The predicted octanol–water partition coefficient (Wildman–Crippen LogP) is 3.74. The summed E-state index contributed by atoms with van der Waals surface area (Å²) in [5.41, 5.74) is 11.0. The zero-order valence-corrected chi connectivity index (χ0v) is 13.8. The summed E-state index contributed by atoms with van der Waals surface area (Å²) in [7, 11) is 1.71. The van der Waals surface area contributed by atoms with E-state index in [0.717, 1.165) is 28.3 Å². The molecule has 0 bridgehead atoms. The van der Waals surface area contributed by atoms with Gasteiger partial charge in [0.15, 0.2) is 4.73 Å². The lowest BCUT2D eigenvalue weighted by molar-refractivity contribution is 0.407. The van der Waals surface area contributed by atoms with Gasteiger partial charge in [0.05, 0.1) is 18.5 Å². The first-order valence-electron chi connectivity index (χ1n) is 6.61. The van der Waals surface area contributed by atoms with Gasteiger partial charge in [-0.05, 0) is 52.0 Å². The summed E-state index contributed by atoms with van der Waals surface area (Å²) in [5, 5.41) is 0. The number of aromatic nitrogens is 2. The maximum atomic E-state index is 5.79. The summed E-state index contributed by atoms with van der Waals surface area (Å²) in [6, 6.07) is 4.22. The van der Waals surface area contributed by atoms with Gasteiger partial charge in [-0.15, -0.1) is 0 Å². The molecule has 20 heavy (non-hydrogen) atoms. The zero-order chi connectivity index (χ0) is 14.9. The molecule has 0 aliphatic carbocycles. The quantitative estimate of drug-likeness (QED) is 0.893. The normalized spacial score (nSPS) is 11.2. The number of H-pyrrole nitrogens is 1. The number of aromatic amines is 1. The molecule has 4 nitrogen and oxygen atoms in total. The van der Waals surface area contributed by atoms with Crippen molar-refractivity contribution in [1.29, 1.82) is 0 Å². The monoisotopic (exact) mass is 337 g/mol. The molecule has 1 aromatic carbocycles. The van der Waals surface area contributed by atoms with Crippen LogP contribution in [0.2, 0.25) is 0 Å². The van der Waals surface area contributed by atoms with E-state index < -0.39 is 0 Å². The van der Waals surface area contributed by atoms with E-state index in [1.165, 1.54) is 5.56 Å². The van der Waals surface area contributed by atoms with E-state index in [2.05, 4.69) is 58.8 Å². The highest BCUT2D eigenvalue weighted by Gasteiger charge is 2.16. The van der Waals surface area contributed by atoms with Crippen LogP contribution in [-0.2, 0) is 6.54 Å². The van der Waals surface area contributed by atoms with Gasteiger partial charge < -0.3 is 15.5 Å². The molecule has 1 heterocycles. The molecule has 0 saturated carbocycles. The Balaban J connectivity index is 2.64. The van der Waals surface area contributed by atoms with Crippen LogP contribution < -0.4 is 10.5 Å². The van der Waals surface area contributed by atoms with E-state index in [1.54, 1.807) is 7.11 Å². The molecule has 0 spiro atoms. The number of rotatable bonds is 4. The molecule has 3 N–H and O–H groups in total. The topological polar surface area (TPSA) is 63.9 Å². The Bertz CT molecular complexity index is 620.